The zero-order valence-corrected chi connectivity index (χ0v) is 17.5. The molecule has 1 amide bonds. The third-order valence-electron chi connectivity index (χ3n) is 6.02. The van der Waals surface area contributed by atoms with Crippen LogP contribution in [0, 0.1) is 11.8 Å². The van der Waals surface area contributed by atoms with E-state index in [0.29, 0.717) is 24.2 Å². The zero-order chi connectivity index (χ0) is 20.4. The van der Waals surface area contributed by atoms with Crippen molar-refractivity contribution in [2.45, 2.75) is 46.1 Å². The van der Waals surface area contributed by atoms with E-state index in [9.17, 15) is 4.79 Å². The van der Waals surface area contributed by atoms with E-state index >= 15 is 0 Å². The number of nitrogens with zero attached hydrogens (tertiary/aromatic N) is 3. The lowest BCUT2D eigenvalue weighted by Crippen LogP contribution is -2.39. The van der Waals surface area contributed by atoms with Gasteiger partial charge in [-0.2, -0.15) is 0 Å². The third kappa shape index (κ3) is 4.58. The first-order chi connectivity index (χ1) is 14.0. The molecule has 1 saturated heterocycles. The third-order valence-corrected chi connectivity index (χ3v) is 6.02. The number of piperidine rings is 1. The second kappa shape index (κ2) is 8.49. The minimum Gasteiger partial charge on any atom is -0.424 e. The molecule has 0 bridgehead atoms. The van der Waals surface area contributed by atoms with Crippen LogP contribution in [0.4, 0.5) is 0 Å². The molecule has 1 atom stereocenters. The number of nitrogens with one attached hydrogen (secondary N) is 1. The lowest BCUT2D eigenvalue weighted by molar-refractivity contribution is -0.121. The Kier molecular flexibility index (Phi) is 5.81. The molecule has 2 heterocycles. The van der Waals surface area contributed by atoms with Gasteiger partial charge in [0, 0.05) is 12.5 Å². The average molecular weight is 395 g/mol. The summed E-state index contributed by atoms with van der Waals surface area (Å²) in [5.74, 6) is 2.31. The summed E-state index contributed by atoms with van der Waals surface area (Å²) in [5.41, 5.74) is 3.56. The summed E-state index contributed by atoms with van der Waals surface area (Å²) >= 11 is 0. The van der Waals surface area contributed by atoms with Gasteiger partial charge in [-0.05, 0) is 49.9 Å². The van der Waals surface area contributed by atoms with E-state index in [2.05, 4.69) is 53.3 Å². The molecule has 4 rings (SSSR count). The van der Waals surface area contributed by atoms with E-state index in [-0.39, 0.29) is 17.7 Å². The van der Waals surface area contributed by atoms with Gasteiger partial charge in [0.05, 0.1) is 12.5 Å². The number of likely N-dealkylation sites (tertiary alicyclic amines) is 1. The van der Waals surface area contributed by atoms with Crippen molar-refractivity contribution in [1.82, 2.24) is 20.4 Å². The standard InChI is InChI=1S/C23H30N4O2/c1-15(2)23-26-25-19(29-23)14-27-11-9-17(10-12-27)13-24-22(28)21-16(3)20(21)18-7-5-4-6-8-18/h4-8,15,17,21H,9-14H2,1-3H3,(H,24,28). The van der Waals surface area contributed by atoms with Gasteiger partial charge in [0.1, 0.15) is 0 Å². The highest BCUT2D eigenvalue weighted by molar-refractivity contribution is 6.05. The number of carbonyl (C=O) groups excluding carboxylic acids is 1. The molecule has 1 unspecified atom stereocenters. The van der Waals surface area contributed by atoms with Crippen molar-refractivity contribution in [3.63, 3.8) is 0 Å². The van der Waals surface area contributed by atoms with E-state index in [1.54, 1.807) is 0 Å². The van der Waals surface area contributed by atoms with Gasteiger partial charge in [0.25, 0.3) is 0 Å². The Morgan fingerprint density at radius 2 is 1.93 bits per heavy atom. The molecule has 1 aliphatic carbocycles. The summed E-state index contributed by atoms with van der Waals surface area (Å²) in [6.45, 7) is 9.64. The Morgan fingerprint density at radius 1 is 1.21 bits per heavy atom. The summed E-state index contributed by atoms with van der Waals surface area (Å²) < 4.78 is 5.72. The van der Waals surface area contributed by atoms with E-state index in [1.165, 1.54) is 16.7 Å². The highest BCUT2D eigenvalue weighted by Gasteiger charge is 2.39. The molecule has 1 aliphatic heterocycles. The highest BCUT2D eigenvalue weighted by atomic mass is 16.4. The normalized spacial score (nSPS) is 20.3. The molecule has 6 heteroatoms. The summed E-state index contributed by atoms with van der Waals surface area (Å²) in [6, 6.07) is 10.2. The number of carbonyl (C=O) groups is 1. The number of amides is 1. The van der Waals surface area contributed by atoms with E-state index in [0.717, 1.165) is 32.5 Å². The molecule has 1 aromatic carbocycles. The fourth-order valence-electron chi connectivity index (χ4n) is 4.12. The molecule has 0 radical (unpaired) electrons. The van der Waals surface area contributed by atoms with Crippen LogP contribution in [-0.2, 0) is 11.3 Å². The van der Waals surface area contributed by atoms with Crippen LogP contribution in [0.2, 0.25) is 0 Å². The number of hydrogen-bond donors (Lipinski definition) is 1. The Bertz CT molecular complexity index is 879. The second-order valence-corrected chi connectivity index (χ2v) is 8.55. The molecule has 154 valence electrons. The van der Waals surface area contributed by atoms with Crippen LogP contribution in [0.15, 0.2) is 40.3 Å². The van der Waals surface area contributed by atoms with Gasteiger partial charge >= 0.3 is 0 Å². The largest absolute Gasteiger partial charge is 0.424 e. The first-order valence-electron chi connectivity index (χ1n) is 10.6. The van der Waals surface area contributed by atoms with Crippen LogP contribution in [0.5, 0.6) is 0 Å². The van der Waals surface area contributed by atoms with E-state index in [4.69, 9.17) is 4.42 Å². The van der Waals surface area contributed by atoms with Crippen molar-refractivity contribution in [3.8, 4) is 0 Å². The quantitative estimate of drug-likeness (QED) is 0.777. The number of rotatable bonds is 7. The Labute approximate surface area is 172 Å². The van der Waals surface area contributed by atoms with Crippen LogP contribution in [0.1, 0.15) is 56.9 Å². The molecule has 0 spiro atoms. The van der Waals surface area contributed by atoms with Gasteiger partial charge in [0.2, 0.25) is 17.7 Å². The fraction of sp³-hybridized carbons (Fsp3) is 0.522. The maximum Gasteiger partial charge on any atom is 0.231 e. The van der Waals surface area contributed by atoms with Crippen molar-refractivity contribution >= 4 is 11.5 Å². The van der Waals surface area contributed by atoms with Crippen LogP contribution < -0.4 is 5.32 Å². The summed E-state index contributed by atoms with van der Waals surface area (Å²) in [5, 5.41) is 11.4. The molecule has 0 saturated carbocycles. The van der Waals surface area contributed by atoms with Crippen molar-refractivity contribution in [2.24, 2.45) is 11.8 Å². The lowest BCUT2D eigenvalue weighted by atomic mass is 9.96. The molecular formula is C23H30N4O2. The molecule has 29 heavy (non-hydrogen) atoms. The Balaban J connectivity index is 1.19. The SMILES string of the molecule is CC1=C(c2ccccc2)C1C(=O)NCC1CCN(Cc2nnc(C(C)C)o2)CC1. The molecule has 6 nitrogen and oxygen atoms in total. The zero-order valence-electron chi connectivity index (χ0n) is 17.5. The summed E-state index contributed by atoms with van der Waals surface area (Å²) in [6.07, 6.45) is 2.15. The van der Waals surface area contributed by atoms with Crippen molar-refractivity contribution in [1.29, 1.82) is 0 Å². The van der Waals surface area contributed by atoms with Gasteiger partial charge in [-0.1, -0.05) is 49.8 Å². The Morgan fingerprint density at radius 3 is 2.59 bits per heavy atom. The smallest absolute Gasteiger partial charge is 0.231 e. The number of hydrogen-bond acceptors (Lipinski definition) is 5. The topological polar surface area (TPSA) is 71.3 Å². The average Bonchev–Trinajstić information content (AvgIpc) is 3.17. The Hall–Kier alpha value is -2.47. The van der Waals surface area contributed by atoms with Crippen molar-refractivity contribution < 1.29 is 9.21 Å². The minimum atomic E-state index is -0.0369. The number of aromatic nitrogens is 2. The fourth-order valence-corrected chi connectivity index (χ4v) is 4.12. The van der Waals surface area contributed by atoms with Crippen molar-refractivity contribution in [3.05, 3.63) is 53.2 Å². The lowest BCUT2D eigenvalue weighted by Gasteiger charge is -2.31. The first-order valence-corrected chi connectivity index (χ1v) is 10.6. The maximum atomic E-state index is 12.6. The molecule has 1 aromatic heterocycles. The highest BCUT2D eigenvalue weighted by Crippen LogP contribution is 2.46. The first kappa shape index (κ1) is 19.8. The van der Waals surface area contributed by atoms with Crippen LogP contribution in [0.3, 0.4) is 0 Å². The number of benzene rings is 1. The molecular weight excluding hydrogens is 364 g/mol. The van der Waals surface area contributed by atoms with Crippen molar-refractivity contribution in [2.75, 3.05) is 19.6 Å². The van der Waals surface area contributed by atoms with Crippen LogP contribution in [0.25, 0.3) is 5.57 Å². The van der Waals surface area contributed by atoms with Gasteiger partial charge in [-0.3, -0.25) is 9.69 Å². The molecule has 1 fully saturated rings. The van der Waals surface area contributed by atoms with Gasteiger partial charge in [0.15, 0.2) is 0 Å². The van der Waals surface area contributed by atoms with Gasteiger partial charge in [-0.25, -0.2) is 0 Å². The van der Waals surface area contributed by atoms with Gasteiger partial charge in [-0.15, -0.1) is 10.2 Å². The molecule has 1 N–H and O–H groups in total. The minimum absolute atomic E-state index is 0.0369. The molecule has 2 aromatic rings. The maximum absolute atomic E-state index is 12.6. The second-order valence-electron chi connectivity index (χ2n) is 8.55. The predicted octanol–water partition coefficient (Wildman–Crippen LogP) is 3.62. The van der Waals surface area contributed by atoms with Crippen LogP contribution >= 0.6 is 0 Å². The van der Waals surface area contributed by atoms with E-state index < -0.39 is 0 Å². The van der Waals surface area contributed by atoms with Gasteiger partial charge < -0.3 is 9.73 Å². The summed E-state index contributed by atoms with van der Waals surface area (Å²) in [7, 11) is 0. The predicted molar refractivity (Wildman–Crippen MR) is 112 cm³/mol. The monoisotopic (exact) mass is 394 g/mol. The molecule has 2 aliphatic rings. The summed E-state index contributed by atoms with van der Waals surface area (Å²) in [4.78, 5) is 15.0. The van der Waals surface area contributed by atoms with Crippen LogP contribution in [-0.4, -0.2) is 40.6 Å². The van der Waals surface area contributed by atoms with E-state index in [1.807, 2.05) is 18.2 Å².